The highest BCUT2D eigenvalue weighted by Gasteiger charge is 2.09. The third-order valence-corrected chi connectivity index (χ3v) is 4.25. The van der Waals surface area contributed by atoms with E-state index in [0.717, 1.165) is 22.6 Å². The minimum atomic E-state index is -1.10. The van der Waals surface area contributed by atoms with Gasteiger partial charge in [-0.25, -0.2) is 13.6 Å². The number of ether oxygens (including phenoxy) is 1. The van der Waals surface area contributed by atoms with Crippen LogP contribution >= 0.6 is 11.3 Å². The summed E-state index contributed by atoms with van der Waals surface area (Å²) >= 11 is 1.47. The fraction of sp³-hybridized carbons (Fsp3) is 0.167. The van der Waals surface area contributed by atoms with Crippen molar-refractivity contribution in [1.82, 2.24) is 5.32 Å². The standard InChI is InChI=1S/C18H16F2N2O4S/c1-11-6-7-27-15(11)4-5-18(25)26-10-17(24)21-9-16(23)22-12-2-3-13(19)14(20)8-12/h2-8H,9-10H2,1H3,(H,21,24)(H,22,23)/b5-4+. The summed E-state index contributed by atoms with van der Waals surface area (Å²) in [4.78, 5) is 35.7. The van der Waals surface area contributed by atoms with Crippen LogP contribution in [0.4, 0.5) is 14.5 Å². The Kier molecular flexibility index (Phi) is 7.18. The van der Waals surface area contributed by atoms with Gasteiger partial charge in [-0.3, -0.25) is 9.59 Å². The lowest BCUT2D eigenvalue weighted by molar-refractivity contribution is -0.143. The van der Waals surface area contributed by atoms with Crippen molar-refractivity contribution >= 4 is 40.9 Å². The molecule has 0 radical (unpaired) electrons. The molecule has 0 spiro atoms. The van der Waals surface area contributed by atoms with Gasteiger partial charge >= 0.3 is 5.97 Å². The Morgan fingerprint density at radius 2 is 1.93 bits per heavy atom. The van der Waals surface area contributed by atoms with E-state index in [0.29, 0.717) is 0 Å². The van der Waals surface area contributed by atoms with Crippen LogP contribution in [0, 0.1) is 18.6 Å². The Morgan fingerprint density at radius 3 is 2.59 bits per heavy atom. The Hall–Kier alpha value is -3.07. The molecule has 0 aliphatic heterocycles. The van der Waals surface area contributed by atoms with E-state index < -0.39 is 42.6 Å². The molecule has 142 valence electrons. The number of hydrogen-bond acceptors (Lipinski definition) is 5. The highest BCUT2D eigenvalue weighted by atomic mass is 32.1. The Balaban J connectivity index is 1.70. The summed E-state index contributed by atoms with van der Waals surface area (Å²) in [7, 11) is 0. The van der Waals surface area contributed by atoms with Gasteiger partial charge in [-0.2, -0.15) is 0 Å². The van der Waals surface area contributed by atoms with Gasteiger partial charge in [-0.05, 0) is 42.1 Å². The molecular formula is C18H16F2N2O4S. The minimum absolute atomic E-state index is 0.0496. The second kappa shape index (κ2) is 9.58. The normalized spacial score (nSPS) is 10.6. The molecule has 0 bridgehead atoms. The molecule has 1 aromatic heterocycles. The highest BCUT2D eigenvalue weighted by molar-refractivity contribution is 7.11. The van der Waals surface area contributed by atoms with E-state index in [1.165, 1.54) is 23.5 Å². The number of esters is 1. The molecule has 1 heterocycles. The van der Waals surface area contributed by atoms with Crippen LogP contribution < -0.4 is 10.6 Å². The van der Waals surface area contributed by atoms with E-state index in [-0.39, 0.29) is 5.69 Å². The summed E-state index contributed by atoms with van der Waals surface area (Å²) in [5.74, 6) is -4.15. The molecule has 0 saturated heterocycles. The lowest BCUT2D eigenvalue weighted by Gasteiger charge is -2.07. The predicted molar refractivity (Wildman–Crippen MR) is 97.0 cm³/mol. The third-order valence-electron chi connectivity index (χ3n) is 3.27. The molecule has 0 atom stereocenters. The van der Waals surface area contributed by atoms with E-state index in [1.54, 1.807) is 6.08 Å². The first-order valence-electron chi connectivity index (χ1n) is 7.75. The summed E-state index contributed by atoms with van der Waals surface area (Å²) in [6, 6.07) is 4.78. The third kappa shape index (κ3) is 6.63. The minimum Gasteiger partial charge on any atom is -0.452 e. The van der Waals surface area contributed by atoms with Crippen molar-refractivity contribution in [2.45, 2.75) is 6.92 Å². The Bertz CT molecular complexity index is 880. The maximum absolute atomic E-state index is 13.0. The number of carbonyl (C=O) groups excluding carboxylic acids is 3. The maximum Gasteiger partial charge on any atom is 0.331 e. The average Bonchev–Trinajstić information content (AvgIpc) is 3.04. The first-order valence-corrected chi connectivity index (χ1v) is 8.63. The first-order chi connectivity index (χ1) is 12.8. The molecular weight excluding hydrogens is 378 g/mol. The number of carbonyl (C=O) groups is 3. The number of rotatable bonds is 7. The smallest absolute Gasteiger partial charge is 0.331 e. The molecule has 6 nitrogen and oxygen atoms in total. The molecule has 2 rings (SSSR count). The van der Waals surface area contributed by atoms with Gasteiger partial charge in [0, 0.05) is 22.7 Å². The van der Waals surface area contributed by atoms with Crippen molar-refractivity contribution in [1.29, 1.82) is 0 Å². The summed E-state index contributed by atoms with van der Waals surface area (Å²) in [6.45, 7) is 0.936. The summed E-state index contributed by atoms with van der Waals surface area (Å²) in [5, 5.41) is 6.43. The van der Waals surface area contributed by atoms with Crippen molar-refractivity contribution < 1.29 is 27.9 Å². The fourth-order valence-corrected chi connectivity index (χ4v) is 2.71. The van der Waals surface area contributed by atoms with E-state index >= 15 is 0 Å². The summed E-state index contributed by atoms with van der Waals surface area (Å²) in [5.41, 5.74) is 1.07. The molecule has 2 N–H and O–H groups in total. The van der Waals surface area contributed by atoms with Gasteiger partial charge in [0.1, 0.15) is 0 Å². The molecule has 2 amide bonds. The largest absolute Gasteiger partial charge is 0.452 e. The van der Waals surface area contributed by atoms with Crippen molar-refractivity contribution in [2.24, 2.45) is 0 Å². The van der Waals surface area contributed by atoms with Gasteiger partial charge in [0.15, 0.2) is 18.2 Å². The van der Waals surface area contributed by atoms with Gasteiger partial charge in [0.05, 0.1) is 6.54 Å². The van der Waals surface area contributed by atoms with E-state index in [1.807, 2.05) is 18.4 Å². The zero-order chi connectivity index (χ0) is 19.8. The van der Waals surface area contributed by atoms with E-state index in [2.05, 4.69) is 10.6 Å². The first kappa shape index (κ1) is 20.2. The summed E-state index contributed by atoms with van der Waals surface area (Å²) < 4.78 is 30.6. The van der Waals surface area contributed by atoms with Gasteiger partial charge in [0.2, 0.25) is 5.91 Å². The predicted octanol–water partition coefficient (Wildman–Crippen LogP) is 2.65. The molecule has 0 aliphatic rings. The molecule has 2 aromatic rings. The monoisotopic (exact) mass is 394 g/mol. The second-order valence-corrected chi connectivity index (χ2v) is 6.31. The molecule has 0 aliphatic carbocycles. The van der Waals surface area contributed by atoms with Crippen LogP contribution in [0.15, 0.2) is 35.7 Å². The molecule has 1 aromatic carbocycles. The zero-order valence-electron chi connectivity index (χ0n) is 14.3. The van der Waals surface area contributed by atoms with Gasteiger partial charge in [-0.1, -0.05) is 0 Å². The van der Waals surface area contributed by atoms with Crippen LogP contribution in [0.5, 0.6) is 0 Å². The number of halogens is 2. The molecule has 0 fully saturated rings. The Morgan fingerprint density at radius 1 is 1.15 bits per heavy atom. The SMILES string of the molecule is Cc1ccsc1/C=C/C(=O)OCC(=O)NCC(=O)Nc1ccc(F)c(F)c1. The molecule has 0 unspecified atom stereocenters. The van der Waals surface area contributed by atoms with Crippen molar-refractivity contribution in [3.8, 4) is 0 Å². The average molecular weight is 394 g/mol. The topological polar surface area (TPSA) is 84.5 Å². The second-order valence-electron chi connectivity index (χ2n) is 5.36. The Labute approximate surface area is 157 Å². The van der Waals surface area contributed by atoms with E-state index in [4.69, 9.17) is 4.74 Å². The van der Waals surface area contributed by atoms with Crippen LogP contribution in [-0.2, 0) is 19.1 Å². The van der Waals surface area contributed by atoms with Gasteiger partial charge in [0.25, 0.3) is 5.91 Å². The van der Waals surface area contributed by atoms with Crippen LogP contribution in [0.25, 0.3) is 6.08 Å². The van der Waals surface area contributed by atoms with Crippen molar-refractivity contribution in [2.75, 3.05) is 18.5 Å². The number of anilines is 1. The molecule has 0 saturated carbocycles. The molecule has 9 heteroatoms. The van der Waals surface area contributed by atoms with Crippen molar-refractivity contribution in [3.63, 3.8) is 0 Å². The lowest BCUT2D eigenvalue weighted by Crippen LogP contribution is -2.35. The summed E-state index contributed by atoms with van der Waals surface area (Å²) in [6.07, 6.45) is 2.80. The highest BCUT2D eigenvalue weighted by Crippen LogP contribution is 2.17. The van der Waals surface area contributed by atoms with Gasteiger partial charge in [-0.15, -0.1) is 11.3 Å². The van der Waals surface area contributed by atoms with Gasteiger partial charge < -0.3 is 15.4 Å². The van der Waals surface area contributed by atoms with Crippen LogP contribution in [-0.4, -0.2) is 30.9 Å². The maximum atomic E-state index is 13.0. The fourth-order valence-electron chi connectivity index (χ4n) is 1.89. The zero-order valence-corrected chi connectivity index (χ0v) is 15.1. The van der Waals surface area contributed by atoms with Crippen LogP contribution in [0.1, 0.15) is 10.4 Å². The van der Waals surface area contributed by atoms with Crippen LogP contribution in [0.3, 0.4) is 0 Å². The molecule has 27 heavy (non-hydrogen) atoms. The number of thiophene rings is 1. The number of benzene rings is 1. The van der Waals surface area contributed by atoms with Crippen molar-refractivity contribution in [3.05, 3.63) is 57.8 Å². The van der Waals surface area contributed by atoms with Crippen LogP contribution in [0.2, 0.25) is 0 Å². The quantitative estimate of drug-likeness (QED) is 0.559. The number of nitrogens with one attached hydrogen (secondary N) is 2. The number of amides is 2. The lowest BCUT2D eigenvalue weighted by atomic mass is 10.3. The number of hydrogen-bond donors (Lipinski definition) is 2. The van der Waals surface area contributed by atoms with E-state index in [9.17, 15) is 23.2 Å². The number of aryl methyl sites for hydroxylation is 1.